The van der Waals surface area contributed by atoms with Crippen molar-refractivity contribution in [1.82, 2.24) is 10.6 Å². The van der Waals surface area contributed by atoms with Crippen LogP contribution in [-0.4, -0.2) is 70.1 Å². The van der Waals surface area contributed by atoms with Gasteiger partial charge in [-0.05, 0) is 23.8 Å². The molecule has 1 heterocycles. The first-order valence-electron chi connectivity index (χ1n) is 9.99. The number of nitrogens with one attached hydrogen (secondary N) is 2. The highest BCUT2D eigenvalue weighted by atomic mass is 19.4. The zero-order valence-electron chi connectivity index (χ0n) is 18.0. The number of amides is 2. The maximum absolute atomic E-state index is 12.9. The molecular formula is C20H26F3N5O6. The standard InChI is InChI=1S/C20H26F3N5O6/c1-9(30)27-15-12(28-19(24)25)6-14(34-17(15)16(32)13(31)8-29)18(33)26-7-10-3-2-4-11(5-10)20(21,22)23/h2-6,12-13,15-17,29,31-32H,7-8H2,1H3,(H,26,33)(H,27,30)(H4,24,25,28)/t12-,13+,15+,16+,17+/m0/s1. The van der Waals surface area contributed by atoms with Crippen LogP contribution in [0.4, 0.5) is 13.2 Å². The summed E-state index contributed by atoms with van der Waals surface area (Å²) in [6.07, 6.45) is -8.36. The zero-order valence-corrected chi connectivity index (χ0v) is 18.0. The second kappa shape index (κ2) is 11.2. The Morgan fingerprint density at radius 1 is 1.26 bits per heavy atom. The number of alkyl halides is 3. The summed E-state index contributed by atoms with van der Waals surface area (Å²) in [6.45, 7) is 0.0130. The highest BCUT2D eigenvalue weighted by Crippen LogP contribution is 2.29. The van der Waals surface area contributed by atoms with Crippen molar-refractivity contribution in [3.05, 3.63) is 47.2 Å². The monoisotopic (exact) mass is 489 g/mol. The lowest BCUT2D eigenvalue weighted by Gasteiger charge is -2.39. The molecule has 1 aromatic rings. The van der Waals surface area contributed by atoms with Crippen molar-refractivity contribution in [3.63, 3.8) is 0 Å². The van der Waals surface area contributed by atoms with Gasteiger partial charge in [-0.1, -0.05) is 12.1 Å². The number of rotatable bonds is 8. The molecule has 0 fully saturated rings. The molecule has 5 atom stereocenters. The van der Waals surface area contributed by atoms with Crippen molar-refractivity contribution in [3.8, 4) is 0 Å². The number of carbonyl (C=O) groups is 2. The predicted molar refractivity (Wildman–Crippen MR) is 113 cm³/mol. The molecule has 0 radical (unpaired) electrons. The largest absolute Gasteiger partial charge is 0.480 e. The van der Waals surface area contributed by atoms with Gasteiger partial charge in [-0.25, -0.2) is 4.99 Å². The Hall–Kier alpha value is -3.36. The summed E-state index contributed by atoms with van der Waals surface area (Å²) in [5, 5.41) is 34.3. The summed E-state index contributed by atoms with van der Waals surface area (Å²) in [6, 6.07) is 2.06. The fourth-order valence-electron chi connectivity index (χ4n) is 3.27. The SMILES string of the molecule is CC(=O)N[C@H]1[C@H]([C@H](O)[C@H](O)CO)OC(C(=O)NCc2cccc(C(F)(F)F)c2)=C[C@@H]1N=C(N)N. The minimum Gasteiger partial charge on any atom is -0.480 e. The molecule has 2 rings (SSSR count). The second-order valence-corrected chi connectivity index (χ2v) is 7.51. The smallest absolute Gasteiger partial charge is 0.416 e. The zero-order chi connectivity index (χ0) is 25.6. The maximum Gasteiger partial charge on any atom is 0.416 e. The average molecular weight is 489 g/mol. The van der Waals surface area contributed by atoms with E-state index in [1.807, 2.05) is 0 Å². The molecule has 1 aliphatic rings. The van der Waals surface area contributed by atoms with E-state index in [0.29, 0.717) is 0 Å². The van der Waals surface area contributed by atoms with Gasteiger partial charge < -0.3 is 42.2 Å². The molecule has 0 aliphatic carbocycles. The van der Waals surface area contributed by atoms with Crippen LogP contribution in [0.3, 0.4) is 0 Å². The molecule has 34 heavy (non-hydrogen) atoms. The molecule has 9 N–H and O–H groups in total. The lowest BCUT2D eigenvalue weighted by Crippen LogP contribution is -2.60. The first-order chi connectivity index (χ1) is 15.8. The van der Waals surface area contributed by atoms with E-state index in [0.717, 1.165) is 18.2 Å². The van der Waals surface area contributed by atoms with E-state index in [9.17, 15) is 38.1 Å². The predicted octanol–water partition coefficient (Wildman–Crippen LogP) is -1.53. The van der Waals surface area contributed by atoms with E-state index in [-0.39, 0.29) is 12.1 Å². The van der Waals surface area contributed by atoms with Crippen molar-refractivity contribution >= 4 is 17.8 Å². The number of halogens is 3. The lowest BCUT2D eigenvalue weighted by atomic mass is 9.92. The third kappa shape index (κ3) is 7.07. The Morgan fingerprint density at radius 2 is 1.94 bits per heavy atom. The van der Waals surface area contributed by atoms with E-state index in [1.54, 1.807) is 0 Å². The van der Waals surface area contributed by atoms with Gasteiger partial charge in [-0.2, -0.15) is 13.2 Å². The van der Waals surface area contributed by atoms with Gasteiger partial charge >= 0.3 is 6.18 Å². The number of guanidine groups is 1. The van der Waals surface area contributed by atoms with Gasteiger partial charge in [0.1, 0.15) is 18.3 Å². The number of hydrogen-bond acceptors (Lipinski definition) is 7. The number of nitrogens with zero attached hydrogens (tertiary/aromatic N) is 1. The van der Waals surface area contributed by atoms with Crippen LogP contribution in [-0.2, 0) is 27.0 Å². The van der Waals surface area contributed by atoms with E-state index in [4.69, 9.17) is 16.2 Å². The molecule has 0 spiro atoms. The molecule has 0 saturated carbocycles. The third-order valence-electron chi connectivity index (χ3n) is 4.82. The lowest BCUT2D eigenvalue weighted by molar-refractivity contribution is -0.137. The number of nitrogens with two attached hydrogens (primary N) is 2. The van der Waals surface area contributed by atoms with Crippen LogP contribution in [0.5, 0.6) is 0 Å². The molecule has 11 nitrogen and oxygen atoms in total. The second-order valence-electron chi connectivity index (χ2n) is 7.51. The Morgan fingerprint density at radius 3 is 2.50 bits per heavy atom. The number of hydrogen-bond donors (Lipinski definition) is 7. The summed E-state index contributed by atoms with van der Waals surface area (Å²) in [5.41, 5.74) is 10.1. The molecule has 1 aromatic carbocycles. The highest BCUT2D eigenvalue weighted by molar-refractivity contribution is 5.92. The van der Waals surface area contributed by atoms with Gasteiger partial charge in [0, 0.05) is 13.5 Å². The van der Waals surface area contributed by atoms with Crippen molar-refractivity contribution in [1.29, 1.82) is 0 Å². The molecular weight excluding hydrogens is 463 g/mol. The molecule has 2 amide bonds. The Labute approximate surface area is 192 Å². The number of aliphatic hydroxyl groups is 3. The molecule has 188 valence electrons. The van der Waals surface area contributed by atoms with Crippen LogP contribution in [0.1, 0.15) is 18.1 Å². The fourth-order valence-corrected chi connectivity index (χ4v) is 3.27. The molecule has 1 aliphatic heterocycles. The quantitative estimate of drug-likeness (QED) is 0.169. The van der Waals surface area contributed by atoms with Crippen LogP contribution in [0.25, 0.3) is 0 Å². The van der Waals surface area contributed by atoms with Gasteiger partial charge in [0.2, 0.25) is 5.91 Å². The number of aliphatic imine (C=N–C) groups is 1. The van der Waals surface area contributed by atoms with Gasteiger partial charge in [-0.3, -0.25) is 9.59 Å². The van der Waals surface area contributed by atoms with E-state index in [1.165, 1.54) is 19.1 Å². The van der Waals surface area contributed by atoms with Crippen molar-refractivity contribution in [2.75, 3.05) is 6.61 Å². The first-order valence-corrected chi connectivity index (χ1v) is 9.99. The summed E-state index contributed by atoms with van der Waals surface area (Å²) in [5.74, 6) is -2.29. The Kier molecular flexibility index (Phi) is 8.84. The van der Waals surface area contributed by atoms with E-state index >= 15 is 0 Å². The molecule has 14 heteroatoms. The summed E-state index contributed by atoms with van der Waals surface area (Å²) < 4.78 is 44.2. The highest BCUT2D eigenvalue weighted by Gasteiger charge is 2.43. The Balaban J connectivity index is 2.31. The van der Waals surface area contributed by atoms with Crippen molar-refractivity contribution < 1.29 is 42.8 Å². The fraction of sp³-hybridized carbons (Fsp3) is 0.450. The number of aliphatic hydroxyl groups excluding tert-OH is 3. The maximum atomic E-state index is 12.9. The minimum atomic E-state index is -4.56. The summed E-state index contributed by atoms with van der Waals surface area (Å²) in [7, 11) is 0. The van der Waals surface area contributed by atoms with Crippen LogP contribution >= 0.6 is 0 Å². The number of benzene rings is 1. The van der Waals surface area contributed by atoms with E-state index in [2.05, 4.69) is 15.6 Å². The van der Waals surface area contributed by atoms with Gasteiger partial charge in [0.15, 0.2) is 11.7 Å². The summed E-state index contributed by atoms with van der Waals surface area (Å²) in [4.78, 5) is 28.3. The van der Waals surface area contributed by atoms with Crippen LogP contribution in [0, 0.1) is 0 Å². The minimum absolute atomic E-state index is 0.156. The van der Waals surface area contributed by atoms with Gasteiger partial charge in [-0.15, -0.1) is 0 Å². The molecule has 0 bridgehead atoms. The van der Waals surface area contributed by atoms with Crippen LogP contribution in [0.15, 0.2) is 41.1 Å². The van der Waals surface area contributed by atoms with Crippen LogP contribution < -0.4 is 22.1 Å². The number of carbonyl (C=O) groups excluding carboxylic acids is 2. The van der Waals surface area contributed by atoms with Crippen LogP contribution in [0.2, 0.25) is 0 Å². The van der Waals surface area contributed by atoms with Gasteiger partial charge in [0.25, 0.3) is 5.91 Å². The third-order valence-corrected chi connectivity index (χ3v) is 4.82. The molecule has 0 unspecified atom stereocenters. The normalized spacial score (nSPS) is 22.0. The average Bonchev–Trinajstić information content (AvgIpc) is 2.76. The van der Waals surface area contributed by atoms with Crippen molar-refractivity contribution in [2.45, 2.75) is 50.0 Å². The van der Waals surface area contributed by atoms with Crippen molar-refractivity contribution in [2.24, 2.45) is 16.5 Å². The molecule has 0 saturated heterocycles. The molecule has 0 aromatic heterocycles. The van der Waals surface area contributed by atoms with Gasteiger partial charge in [0.05, 0.1) is 24.3 Å². The Bertz CT molecular complexity index is 951. The number of ether oxygens (including phenoxy) is 1. The van der Waals surface area contributed by atoms with E-state index < -0.39 is 72.3 Å². The summed E-state index contributed by atoms with van der Waals surface area (Å²) >= 11 is 0. The topological polar surface area (TPSA) is 193 Å². The first kappa shape index (κ1) is 26.9.